The molecule has 116 valence electrons. The lowest BCUT2D eigenvalue weighted by Crippen LogP contribution is -2.45. The largest absolute Gasteiger partial charge is 0.347 e. The molecule has 0 bridgehead atoms. The Hall–Kier alpha value is -1.12. The van der Waals surface area contributed by atoms with E-state index in [1.165, 1.54) is 11.3 Å². The number of guanidine groups is 1. The molecule has 3 rings (SSSR count). The van der Waals surface area contributed by atoms with Crippen molar-refractivity contribution >= 4 is 35.9 Å². The van der Waals surface area contributed by atoms with Crippen LogP contribution in [0.3, 0.4) is 0 Å². The first kappa shape index (κ1) is 16.3. The first-order chi connectivity index (χ1) is 9.56. The van der Waals surface area contributed by atoms with E-state index in [0.29, 0.717) is 6.04 Å². The highest BCUT2D eigenvalue weighted by Crippen LogP contribution is 2.21. The normalized spacial score (nSPS) is 20.8. The number of hydrogen-bond donors (Lipinski definition) is 0. The van der Waals surface area contributed by atoms with Crippen LogP contribution in [-0.4, -0.2) is 66.0 Å². The summed E-state index contributed by atoms with van der Waals surface area (Å²) in [4.78, 5) is 20.3. The first-order valence-electron chi connectivity index (χ1n) is 7.10. The Morgan fingerprint density at radius 3 is 2.71 bits per heavy atom. The summed E-state index contributed by atoms with van der Waals surface area (Å²) in [6, 6.07) is 0.499. The van der Waals surface area contributed by atoms with Gasteiger partial charge in [0, 0.05) is 58.5 Å². The van der Waals surface area contributed by atoms with E-state index in [1.807, 2.05) is 25.2 Å². The number of aromatic nitrogens is 2. The number of rotatable bonds is 1. The number of aliphatic imine (C=N–C) groups is 1. The molecule has 0 fully saturated rings. The molecular weight excluding hydrogens is 379 g/mol. The third-order valence-corrected chi connectivity index (χ3v) is 4.08. The summed E-state index contributed by atoms with van der Waals surface area (Å²) in [7, 11) is 6.07. The van der Waals surface area contributed by atoms with Gasteiger partial charge in [-0.3, -0.25) is 4.99 Å². The molecule has 0 aliphatic carbocycles. The smallest absolute Gasteiger partial charge is 0.225 e. The van der Waals surface area contributed by atoms with E-state index >= 15 is 0 Å². The predicted molar refractivity (Wildman–Crippen MR) is 95.4 cm³/mol. The average molecular weight is 402 g/mol. The second-order valence-electron chi connectivity index (χ2n) is 5.81. The maximum absolute atomic E-state index is 4.66. The third-order valence-electron chi connectivity index (χ3n) is 4.08. The van der Waals surface area contributed by atoms with Crippen LogP contribution in [0.4, 0.5) is 5.95 Å². The molecular formula is C14H23IN6. The zero-order chi connectivity index (χ0) is 14.3. The Morgan fingerprint density at radius 2 is 2.10 bits per heavy atom. The van der Waals surface area contributed by atoms with Gasteiger partial charge in [-0.15, -0.1) is 24.0 Å². The van der Waals surface area contributed by atoms with Crippen LogP contribution in [0.5, 0.6) is 0 Å². The Balaban J connectivity index is 0.00000161. The molecule has 21 heavy (non-hydrogen) atoms. The van der Waals surface area contributed by atoms with Crippen LogP contribution >= 0.6 is 24.0 Å². The lowest BCUT2D eigenvalue weighted by molar-refractivity contribution is 0.317. The fraction of sp³-hybridized carbons (Fsp3) is 0.643. The third kappa shape index (κ3) is 3.07. The van der Waals surface area contributed by atoms with Crippen molar-refractivity contribution in [3.63, 3.8) is 0 Å². The highest BCUT2D eigenvalue weighted by molar-refractivity contribution is 14.0. The maximum atomic E-state index is 4.66. The molecule has 0 aromatic carbocycles. The second-order valence-corrected chi connectivity index (χ2v) is 5.81. The molecule has 2 aliphatic heterocycles. The van der Waals surface area contributed by atoms with Gasteiger partial charge in [0.05, 0.1) is 12.2 Å². The van der Waals surface area contributed by atoms with Crippen molar-refractivity contribution in [3.8, 4) is 0 Å². The monoisotopic (exact) mass is 402 g/mol. The fourth-order valence-corrected chi connectivity index (χ4v) is 2.66. The second kappa shape index (κ2) is 6.33. The number of anilines is 1. The van der Waals surface area contributed by atoms with Gasteiger partial charge in [-0.2, -0.15) is 0 Å². The molecule has 1 atom stereocenters. The molecule has 3 heterocycles. The zero-order valence-electron chi connectivity index (χ0n) is 13.1. The van der Waals surface area contributed by atoms with Gasteiger partial charge in [-0.05, 0) is 6.92 Å². The van der Waals surface area contributed by atoms with E-state index < -0.39 is 0 Å². The van der Waals surface area contributed by atoms with Crippen LogP contribution in [0.1, 0.15) is 18.2 Å². The predicted octanol–water partition coefficient (Wildman–Crippen LogP) is 1.21. The van der Waals surface area contributed by atoms with Gasteiger partial charge >= 0.3 is 0 Å². The molecule has 0 amide bonds. The van der Waals surface area contributed by atoms with Gasteiger partial charge in [0.1, 0.15) is 0 Å². The highest BCUT2D eigenvalue weighted by Gasteiger charge is 2.28. The quantitative estimate of drug-likeness (QED) is 0.661. The lowest BCUT2D eigenvalue weighted by atomic mass is 10.1. The van der Waals surface area contributed by atoms with Gasteiger partial charge in [-0.25, -0.2) is 9.97 Å². The van der Waals surface area contributed by atoms with Crippen LogP contribution in [0.25, 0.3) is 0 Å². The Kier molecular flexibility index (Phi) is 4.90. The standard InChI is InChI=1S/C14H22N6.HI/c1-10-7-16-14(19(10)4)20-6-5-12-11(9-20)8-15-13(17-12)18(2)3;/h8,10H,5-7,9H2,1-4H3;1H. The number of fused-ring (bicyclic) bond motifs is 1. The van der Waals surface area contributed by atoms with E-state index in [0.717, 1.165) is 38.0 Å². The van der Waals surface area contributed by atoms with E-state index in [-0.39, 0.29) is 24.0 Å². The van der Waals surface area contributed by atoms with Crippen molar-refractivity contribution in [2.75, 3.05) is 39.1 Å². The van der Waals surface area contributed by atoms with Crippen molar-refractivity contribution in [2.24, 2.45) is 4.99 Å². The molecule has 0 N–H and O–H groups in total. The van der Waals surface area contributed by atoms with Gasteiger partial charge < -0.3 is 14.7 Å². The molecule has 2 aliphatic rings. The van der Waals surface area contributed by atoms with Crippen molar-refractivity contribution in [1.82, 2.24) is 19.8 Å². The molecule has 0 saturated heterocycles. The molecule has 0 saturated carbocycles. The summed E-state index contributed by atoms with van der Waals surface area (Å²) in [5, 5.41) is 0. The first-order valence-corrected chi connectivity index (χ1v) is 7.10. The van der Waals surface area contributed by atoms with E-state index in [9.17, 15) is 0 Å². The number of hydrogen-bond acceptors (Lipinski definition) is 6. The molecule has 7 heteroatoms. The number of nitrogens with zero attached hydrogens (tertiary/aromatic N) is 6. The van der Waals surface area contributed by atoms with Gasteiger partial charge in [0.25, 0.3) is 0 Å². The van der Waals surface area contributed by atoms with Crippen molar-refractivity contribution < 1.29 is 0 Å². The van der Waals surface area contributed by atoms with E-state index in [1.54, 1.807) is 0 Å². The molecule has 1 aromatic heterocycles. The molecule has 1 aromatic rings. The highest BCUT2D eigenvalue weighted by atomic mass is 127. The van der Waals surface area contributed by atoms with Crippen LogP contribution in [0.2, 0.25) is 0 Å². The van der Waals surface area contributed by atoms with Crippen LogP contribution in [-0.2, 0) is 13.0 Å². The summed E-state index contributed by atoms with van der Waals surface area (Å²) in [6.45, 7) is 4.94. The van der Waals surface area contributed by atoms with Gasteiger partial charge in [0.15, 0.2) is 5.96 Å². The van der Waals surface area contributed by atoms with Crippen molar-refractivity contribution in [1.29, 1.82) is 0 Å². The van der Waals surface area contributed by atoms with Gasteiger partial charge in [0.2, 0.25) is 5.95 Å². The van der Waals surface area contributed by atoms with Crippen molar-refractivity contribution in [3.05, 3.63) is 17.5 Å². The summed E-state index contributed by atoms with van der Waals surface area (Å²) >= 11 is 0. The minimum absolute atomic E-state index is 0. The van der Waals surface area contributed by atoms with Gasteiger partial charge in [-0.1, -0.05) is 0 Å². The topological polar surface area (TPSA) is 47.9 Å². The fourth-order valence-electron chi connectivity index (χ4n) is 2.66. The Morgan fingerprint density at radius 1 is 1.33 bits per heavy atom. The molecule has 0 spiro atoms. The zero-order valence-corrected chi connectivity index (χ0v) is 15.4. The van der Waals surface area contributed by atoms with Crippen LogP contribution in [0.15, 0.2) is 11.2 Å². The average Bonchev–Trinajstić information content (AvgIpc) is 2.78. The lowest BCUT2D eigenvalue weighted by Gasteiger charge is -2.34. The summed E-state index contributed by atoms with van der Waals surface area (Å²) in [6.07, 6.45) is 2.92. The molecule has 1 unspecified atom stereocenters. The van der Waals surface area contributed by atoms with Crippen LogP contribution in [0, 0.1) is 0 Å². The molecule has 0 radical (unpaired) electrons. The minimum atomic E-state index is 0. The minimum Gasteiger partial charge on any atom is -0.347 e. The SMILES string of the molecule is CC1CN=C(N2CCc3nc(N(C)C)ncc3C2)N1C.I. The summed E-state index contributed by atoms with van der Waals surface area (Å²) in [5.41, 5.74) is 2.40. The Bertz CT molecular complexity index is 544. The summed E-state index contributed by atoms with van der Waals surface area (Å²) < 4.78 is 0. The van der Waals surface area contributed by atoms with E-state index in [4.69, 9.17) is 0 Å². The Labute approximate surface area is 143 Å². The van der Waals surface area contributed by atoms with E-state index in [2.05, 4.69) is 38.7 Å². The summed E-state index contributed by atoms with van der Waals surface area (Å²) in [5.74, 6) is 1.90. The number of halogens is 1. The van der Waals surface area contributed by atoms with Crippen LogP contribution < -0.4 is 4.90 Å². The molecule has 6 nitrogen and oxygen atoms in total. The number of likely N-dealkylation sites (N-methyl/N-ethyl adjacent to an activating group) is 1. The van der Waals surface area contributed by atoms with Crippen molar-refractivity contribution in [2.45, 2.75) is 25.9 Å². The maximum Gasteiger partial charge on any atom is 0.225 e.